The maximum atomic E-state index is 5.54. The fourth-order valence-corrected chi connectivity index (χ4v) is 1.19. The zero-order chi connectivity index (χ0) is 10.4. The van der Waals surface area contributed by atoms with Gasteiger partial charge in [-0.2, -0.15) is 0 Å². The van der Waals surface area contributed by atoms with Crippen molar-refractivity contribution in [1.29, 1.82) is 0 Å². The van der Waals surface area contributed by atoms with Gasteiger partial charge in [-0.25, -0.2) is 0 Å². The summed E-state index contributed by atoms with van der Waals surface area (Å²) in [5, 5.41) is 0. The lowest BCUT2D eigenvalue weighted by atomic mass is 10.1. The molecule has 0 N–H and O–H groups in total. The van der Waals surface area contributed by atoms with Crippen LogP contribution in [0.3, 0.4) is 0 Å². The van der Waals surface area contributed by atoms with Crippen LogP contribution in [-0.4, -0.2) is 13.2 Å². The number of allylic oxidation sites excluding steroid dienone is 3. The molecule has 0 spiro atoms. The van der Waals surface area contributed by atoms with Crippen molar-refractivity contribution in [3.63, 3.8) is 0 Å². The first-order valence-electron chi connectivity index (χ1n) is 5.08. The highest BCUT2D eigenvalue weighted by molar-refractivity contribution is 5.25. The van der Waals surface area contributed by atoms with Gasteiger partial charge in [0.1, 0.15) is 13.2 Å². The summed E-state index contributed by atoms with van der Waals surface area (Å²) in [4.78, 5) is 0. The molecule has 0 aromatic heterocycles. The molecule has 78 valence electrons. The number of ether oxygens (including phenoxy) is 2. The van der Waals surface area contributed by atoms with E-state index < -0.39 is 0 Å². The molecule has 0 amide bonds. The van der Waals surface area contributed by atoms with Gasteiger partial charge in [-0.3, -0.25) is 0 Å². The summed E-state index contributed by atoms with van der Waals surface area (Å²) in [6, 6.07) is 0. The molecule has 0 aromatic carbocycles. The Labute approximate surface area is 85.9 Å². The van der Waals surface area contributed by atoms with Gasteiger partial charge in [0.15, 0.2) is 11.5 Å². The fraction of sp³-hybridized carbons (Fsp3) is 0.500. The highest BCUT2D eigenvalue weighted by atomic mass is 16.6. The summed E-state index contributed by atoms with van der Waals surface area (Å²) in [6.45, 7) is 9.23. The normalized spacial score (nSPS) is 24.1. The Morgan fingerprint density at radius 3 is 2.57 bits per heavy atom. The zero-order valence-corrected chi connectivity index (χ0v) is 8.95. The third-order valence-corrected chi connectivity index (χ3v) is 2.19. The van der Waals surface area contributed by atoms with E-state index in [2.05, 4.69) is 26.5 Å². The van der Waals surface area contributed by atoms with Crippen LogP contribution in [0.25, 0.3) is 0 Å². The maximum Gasteiger partial charge on any atom is 0.161 e. The molecular formula is C12H18O2. The molecule has 1 unspecified atom stereocenters. The molecule has 1 heterocycles. The van der Waals surface area contributed by atoms with Crippen LogP contribution in [0.5, 0.6) is 0 Å². The quantitative estimate of drug-likeness (QED) is 0.687. The molecule has 1 fully saturated rings. The van der Waals surface area contributed by atoms with E-state index in [1.807, 2.05) is 6.08 Å². The van der Waals surface area contributed by atoms with Crippen molar-refractivity contribution in [2.45, 2.75) is 20.3 Å². The van der Waals surface area contributed by atoms with Gasteiger partial charge in [0.2, 0.25) is 0 Å². The van der Waals surface area contributed by atoms with E-state index in [1.54, 1.807) is 6.08 Å². The van der Waals surface area contributed by atoms with E-state index in [0.29, 0.717) is 19.1 Å². The minimum atomic E-state index is 0.514. The summed E-state index contributed by atoms with van der Waals surface area (Å²) in [5.74, 6) is 2.16. The van der Waals surface area contributed by atoms with Gasteiger partial charge in [-0.05, 0) is 24.5 Å². The van der Waals surface area contributed by atoms with Gasteiger partial charge in [-0.15, -0.1) is 0 Å². The van der Waals surface area contributed by atoms with Crippen molar-refractivity contribution in [3.8, 4) is 0 Å². The topological polar surface area (TPSA) is 18.5 Å². The molecule has 1 aliphatic rings. The number of hydrogen-bond acceptors (Lipinski definition) is 2. The van der Waals surface area contributed by atoms with Crippen LogP contribution >= 0.6 is 0 Å². The molecule has 0 bridgehead atoms. The first-order chi connectivity index (χ1) is 6.77. The average Bonchev–Trinajstić information content (AvgIpc) is 2.21. The van der Waals surface area contributed by atoms with E-state index in [-0.39, 0.29) is 0 Å². The van der Waals surface area contributed by atoms with Crippen LogP contribution in [0, 0.1) is 5.92 Å². The third-order valence-electron chi connectivity index (χ3n) is 2.19. The molecule has 1 aliphatic heterocycles. The summed E-state index contributed by atoms with van der Waals surface area (Å²) in [6.07, 6.45) is 6.77. The average molecular weight is 194 g/mol. The molecule has 0 radical (unpaired) electrons. The second-order valence-electron chi connectivity index (χ2n) is 3.38. The molecule has 2 heteroatoms. The Kier molecular flexibility index (Phi) is 4.30. The molecule has 14 heavy (non-hydrogen) atoms. The third kappa shape index (κ3) is 2.95. The Morgan fingerprint density at radius 2 is 2.00 bits per heavy atom. The van der Waals surface area contributed by atoms with Crippen molar-refractivity contribution < 1.29 is 9.47 Å². The standard InChI is InChI=1S/C12H18O2/c1-4-6-11-12(9-10(3)5-2)14-8-7-13-11/h4,6,9-10H,1,5,7-8H2,2-3H3/b11-6+,12-9+. The second-order valence-corrected chi connectivity index (χ2v) is 3.38. The van der Waals surface area contributed by atoms with Crippen LogP contribution in [0.15, 0.2) is 36.3 Å². The summed E-state index contributed by atoms with van der Waals surface area (Å²) in [7, 11) is 0. The number of rotatable bonds is 3. The van der Waals surface area contributed by atoms with Crippen molar-refractivity contribution in [2.75, 3.05) is 13.2 Å². The van der Waals surface area contributed by atoms with Gasteiger partial charge < -0.3 is 9.47 Å². The minimum Gasteiger partial charge on any atom is -0.486 e. The monoisotopic (exact) mass is 194 g/mol. The smallest absolute Gasteiger partial charge is 0.161 e. The molecule has 1 rings (SSSR count). The van der Waals surface area contributed by atoms with E-state index in [9.17, 15) is 0 Å². The summed E-state index contributed by atoms with van der Waals surface area (Å²) in [5.41, 5.74) is 0. The van der Waals surface area contributed by atoms with E-state index >= 15 is 0 Å². The predicted octanol–water partition coefficient (Wildman–Crippen LogP) is 3.03. The molecule has 0 aliphatic carbocycles. The molecule has 0 aromatic rings. The van der Waals surface area contributed by atoms with Crippen molar-refractivity contribution >= 4 is 0 Å². The molecular weight excluding hydrogens is 176 g/mol. The van der Waals surface area contributed by atoms with Crippen LogP contribution in [0.2, 0.25) is 0 Å². The predicted molar refractivity (Wildman–Crippen MR) is 57.7 cm³/mol. The Hall–Kier alpha value is -1.18. The van der Waals surface area contributed by atoms with Gasteiger partial charge in [0, 0.05) is 0 Å². The first-order valence-corrected chi connectivity index (χ1v) is 5.08. The lowest BCUT2D eigenvalue weighted by Crippen LogP contribution is -2.14. The van der Waals surface area contributed by atoms with Crippen molar-refractivity contribution in [3.05, 3.63) is 36.3 Å². The van der Waals surface area contributed by atoms with Crippen molar-refractivity contribution in [1.82, 2.24) is 0 Å². The first kappa shape index (κ1) is 10.9. The Bertz CT molecular complexity index is 251. The molecule has 1 atom stereocenters. The lowest BCUT2D eigenvalue weighted by Gasteiger charge is -2.21. The van der Waals surface area contributed by atoms with Crippen LogP contribution in [0.1, 0.15) is 20.3 Å². The van der Waals surface area contributed by atoms with Crippen molar-refractivity contribution in [2.24, 2.45) is 5.92 Å². The lowest BCUT2D eigenvalue weighted by molar-refractivity contribution is 0.0584. The Balaban J connectivity index is 2.76. The van der Waals surface area contributed by atoms with E-state index in [1.165, 1.54) is 0 Å². The van der Waals surface area contributed by atoms with Gasteiger partial charge >= 0.3 is 0 Å². The van der Waals surface area contributed by atoms with Crippen LogP contribution in [-0.2, 0) is 9.47 Å². The summed E-state index contributed by atoms with van der Waals surface area (Å²) < 4.78 is 11.0. The Morgan fingerprint density at radius 1 is 1.36 bits per heavy atom. The van der Waals surface area contributed by atoms with E-state index in [0.717, 1.165) is 17.9 Å². The highest BCUT2D eigenvalue weighted by Gasteiger charge is 2.14. The van der Waals surface area contributed by atoms with Gasteiger partial charge in [0.25, 0.3) is 0 Å². The maximum absolute atomic E-state index is 5.54. The number of hydrogen-bond donors (Lipinski definition) is 0. The molecule has 0 saturated carbocycles. The molecule has 1 saturated heterocycles. The summed E-state index contributed by atoms with van der Waals surface area (Å²) >= 11 is 0. The minimum absolute atomic E-state index is 0.514. The van der Waals surface area contributed by atoms with Crippen LogP contribution in [0.4, 0.5) is 0 Å². The van der Waals surface area contributed by atoms with Gasteiger partial charge in [0.05, 0.1) is 0 Å². The van der Waals surface area contributed by atoms with E-state index in [4.69, 9.17) is 9.47 Å². The zero-order valence-electron chi connectivity index (χ0n) is 8.95. The second kappa shape index (κ2) is 5.53. The highest BCUT2D eigenvalue weighted by Crippen LogP contribution is 2.20. The molecule has 2 nitrogen and oxygen atoms in total. The SMILES string of the molecule is C=C/C=C1/OCCO/C1=C/C(C)CC. The van der Waals surface area contributed by atoms with Crippen LogP contribution < -0.4 is 0 Å². The fourth-order valence-electron chi connectivity index (χ4n) is 1.19. The largest absolute Gasteiger partial charge is 0.486 e. The van der Waals surface area contributed by atoms with Gasteiger partial charge in [-0.1, -0.05) is 26.5 Å².